The molecule has 1 N–H and O–H groups in total. The highest BCUT2D eigenvalue weighted by Crippen LogP contribution is 2.12. The van der Waals surface area contributed by atoms with Gasteiger partial charge in [0.05, 0.1) is 0 Å². The maximum absolute atomic E-state index is 10.5. The van der Waals surface area contributed by atoms with E-state index in [1.807, 2.05) is 27.7 Å². The molecular weight excluding hydrogens is 214 g/mol. The molecule has 3 heteroatoms. The van der Waals surface area contributed by atoms with Crippen molar-refractivity contribution in [2.24, 2.45) is 0 Å². The Kier molecular flexibility index (Phi) is 16.5. The Morgan fingerprint density at radius 2 is 1.29 bits per heavy atom. The quantitative estimate of drug-likeness (QED) is 0.708. The van der Waals surface area contributed by atoms with Crippen LogP contribution in [0.3, 0.4) is 0 Å². The molecule has 0 spiro atoms. The fraction of sp³-hybridized carbons (Fsp3) is 0.857. The summed E-state index contributed by atoms with van der Waals surface area (Å²) in [7, 11) is 0. The first-order chi connectivity index (χ1) is 8.29. The lowest BCUT2D eigenvalue weighted by atomic mass is 10.00. The SMILES string of the molecule is CC.CC.O=C1CCCCC1.O=C1CCCN1. The number of carbonyl (C=O) groups is 2. The van der Waals surface area contributed by atoms with E-state index in [1.165, 1.54) is 6.42 Å². The van der Waals surface area contributed by atoms with E-state index in [0.29, 0.717) is 5.78 Å². The van der Waals surface area contributed by atoms with Crippen LogP contribution in [0.4, 0.5) is 0 Å². The first kappa shape index (κ1) is 18.5. The summed E-state index contributed by atoms with van der Waals surface area (Å²) in [5.41, 5.74) is 0. The van der Waals surface area contributed by atoms with Gasteiger partial charge in [-0.1, -0.05) is 34.1 Å². The third-order valence-corrected chi connectivity index (χ3v) is 2.31. The monoisotopic (exact) mass is 243 g/mol. The minimum absolute atomic E-state index is 0.204. The van der Waals surface area contributed by atoms with Crippen LogP contribution in [0, 0.1) is 0 Å². The van der Waals surface area contributed by atoms with E-state index in [-0.39, 0.29) is 5.91 Å². The minimum atomic E-state index is 0.204. The van der Waals surface area contributed by atoms with Crippen LogP contribution in [0.1, 0.15) is 72.6 Å². The van der Waals surface area contributed by atoms with Gasteiger partial charge in [-0.2, -0.15) is 0 Å². The van der Waals surface area contributed by atoms with Gasteiger partial charge in [-0.3, -0.25) is 9.59 Å². The first-order valence-electron chi connectivity index (χ1n) is 7.07. The molecule has 0 atom stereocenters. The van der Waals surface area contributed by atoms with E-state index in [9.17, 15) is 9.59 Å². The number of carbonyl (C=O) groups excluding carboxylic acids is 2. The number of hydrogen-bond acceptors (Lipinski definition) is 2. The third kappa shape index (κ3) is 13.1. The lowest BCUT2D eigenvalue weighted by Crippen LogP contribution is -2.12. The third-order valence-electron chi connectivity index (χ3n) is 2.31. The number of Topliss-reactive ketones (excluding diaryl/α,β-unsaturated/α-hetero) is 1. The zero-order valence-electron chi connectivity index (χ0n) is 12.0. The second-order valence-corrected chi connectivity index (χ2v) is 3.55. The molecule has 1 saturated carbocycles. The Morgan fingerprint density at radius 3 is 1.47 bits per heavy atom. The van der Waals surface area contributed by atoms with Gasteiger partial charge < -0.3 is 5.32 Å². The topological polar surface area (TPSA) is 46.2 Å². The van der Waals surface area contributed by atoms with Gasteiger partial charge in [0.25, 0.3) is 0 Å². The van der Waals surface area contributed by atoms with Gasteiger partial charge in [0.1, 0.15) is 5.78 Å². The summed E-state index contributed by atoms with van der Waals surface area (Å²) in [5.74, 6) is 0.668. The van der Waals surface area contributed by atoms with Gasteiger partial charge in [0.2, 0.25) is 5.91 Å². The normalized spacial score (nSPS) is 17.4. The van der Waals surface area contributed by atoms with Crippen molar-refractivity contribution in [3.8, 4) is 0 Å². The van der Waals surface area contributed by atoms with E-state index < -0.39 is 0 Å². The van der Waals surface area contributed by atoms with Crippen LogP contribution in [0.2, 0.25) is 0 Å². The Balaban J connectivity index is 0. The van der Waals surface area contributed by atoms with Crippen LogP contribution in [-0.2, 0) is 9.59 Å². The lowest BCUT2D eigenvalue weighted by molar-refractivity contribution is -0.120. The second-order valence-electron chi connectivity index (χ2n) is 3.55. The van der Waals surface area contributed by atoms with Gasteiger partial charge in [-0.05, 0) is 19.3 Å². The van der Waals surface area contributed by atoms with Gasteiger partial charge in [0, 0.05) is 25.8 Å². The smallest absolute Gasteiger partial charge is 0.220 e. The minimum Gasteiger partial charge on any atom is -0.356 e. The van der Waals surface area contributed by atoms with Crippen LogP contribution in [0.15, 0.2) is 0 Å². The van der Waals surface area contributed by atoms with E-state index >= 15 is 0 Å². The molecule has 0 aromatic carbocycles. The predicted octanol–water partition coefficient (Wildman–Crippen LogP) is 3.47. The molecule has 102 valence electrons. The Bertz CT molecular complexity index is 175. The lowest BCUT2D eigenvalue weighted by Gasteiger charge is -2.05. The number of ketones is 1. The zero-order valence-corrected chi connectivity index (χ0v) is 12.0. The van der Waals surface area contributed by atoms with Gasteiger partial charge in [-0.25, -0.2) is 0 Å². The van der Waals surface area contributed by atoms with Crippen LogP contribution < -0.4 is 5.32 Å². The molecule has 17 heavy (non-hydrogen) atoms. The first-order valence-corrected chi connectivity index (χ1v) is 7.07. The predicted molar refractivity (Wildman–Crippen MR) is 73.0 cm³/mol. The van der Waals surface area contributed by atoms with Crippen molar-refractivity contribution < 1.29 is 9.59 Å². The summed E-state index contributed by atoms with van der Waals surface area (Å²) in [6, 6.07) is 0. The molecule has 1 aliphatic carbocycles. The summed E-state index contributed by atoms with van der Waals surface area (Å²) >= 11 is 0. The van der Waals surface area contributed by atoms with Crippen LogP contribution in [0.5, 0.6) is 0 Å². The Hall–Kier alpha value is -0.860. The maximum Gasteiger partial charge on any atom is 0.220 e. The van der Waals surface area contributed by atoms with E-state index in [4.69, 9.17) is 0 Å². The molecule has 1 aliphatic heterocycles. The summed E-state index contributed by atoms with van der Waals surface area (Å²) in [4.78, 5) is 20.6. The molecule has 1 amide bonds. The second kappa shape index (κ2) is 15.1. The number of nitrogens with one attached hydrogen (secondary N) is 1. The molecule has 1 heterocycles. The average molecular weight is 243 g/mol. The maximum atomic E-state index is 10.5. The summed E-state index contributed by atoms with van der Waals surface area (Å²) in [6.45, 7) is 8.89. The molecule has 1 saturated heterocycles. The molecule has 0 radical (unpaired) electrons. The van der Waals surface area contributed by atoms with Crippen LogP contribution >= 0.6 is 0 Å². The van der Waals surface area contributed by atoms with Crippen molar-refractivity contribution in [1.82, 2.24) is 5.32 Å². The molecular formula is C14H29NO2. The molecule has 0 aromatic heterocycles. The van der Waals surface area contributed by atoms with Crippen molar-refractivity contribution in [1.29, 1.82) is 0 Å². The molecule has 0 unspecified atom stereocenters. The van der Waals surface area contributed by atoms with Crippen molar-refractivity contribution in [2.75, 3.05) is 6.54 Å². The van der Waals surface area contributed by atoms with Gasteiger partial charge in [0.15, 0.2) is 0 Å². The molecule has 0 aromatic rings. The van der Waals surface area contributed by atoms with E-state index in [0.717, 1.165) is 45.1 Å². The van der Waals surface area contributed by atoms with Crippen LogP contribution in [0.25, 0.3) is 0 Å². The zero-order chi connectivity index (χ0) is 13.5. The highest BCUT2D eigenvalue weighted by atomic mass is 16.1. The van der Waals surface area contributed by atoms with Crippen molar-refractivity contribution >= 4 is 11.7 Å². The van der Waals surface area contributed by atoms with E-state index in [2.05, 4.69) is 5.32 Å². The number of amides is 1. The fourth-order valence-electron chi connectivity index (χ4n) is 1.51. The molecule has 3 nitrogen and oxygen atoms in total. The highest BCUT2D eigenvalue weighted by molar-refractivity contribution is 5.78. The largest absolute Gasteiger partial charge is 0.356 e. The van der Waals surface area contributed by atoms with Crippen molar-refractivity contribution in [3.63, 3.8) is 0 Å². The number of hydrogen-bond donors (Lipinski definition) is 1. The Labute approximate surface area is 106 Å². The molecule has 2 aliphatic rings. The fourth-order valence-corrected chi connectivity index (χ4v) is 1.51. The number of rotatable bonds is 0. The molecule has 0 bridgehead atoms. The van der Waals surface area contributed by atoms with Crippen molar-refractivity contribution in [2.45, 2.75) is 72.6 Å². The summed E-state index contributed by atoms with van der Waals surface area (Å²) < 4.78 is 0. The Morgan fingerprint density at radius 1 is 0.765 bits per heavy atom. The van der Waals surface area contributed by atoms with Gasteiger partial charge >= 0.3 is 0 Å². The van der Waals surface area contributed by atoms with Gasteiger partial charge in [-0.15, -0.1) is 0 Å². The summed E-state index contributed by atoms with van der Waals surface area (Å²) in [5, 5.41) is 2.68. The summed E-state index contributed by atoms with van der Waals surface area (Å²) in [6.07, 6.45) is 7.00. The van der Waals surface area contributed by atoms with E-state index in [1.54, 1.807) is 0 Å². The standard InChI is InChI=1S/C6H10O.C4H7NO.2C2H6/c7-6-4-2-1-3-5-6;6-4-2-1-3-5-4;2*1-2/h1-5H2;1-3H2,(H,5,6);2*1-2H3. The van der Waals surface area contributed by atoms with Crippen molar-refractivity contribution in [3.05, 3.63) is 0 Å². The molecule has 2 rings (SSSR count). The highest BCUT2D eigenvalue weighted by Gasteiger charge is 2.06. The average Bonchev–Trinajstić information content (AvgIpc) is 2.87. The molecule has 2 fully saturated rings. The van der Waals surface area contributed by atoms with Crippen LogP contribution in [-0.4, -0.2) is 18.2 Å².